The first-order chi connectivity index (χ1) is 8.59. The first-order valence-electron chi connectivity index (χ1n) is 7.68. The van der Waals surface area contributed by atoms with E-state index in [2.05, 4.69) is 19.9 Å². The Morgan fingerprint density at radius 2 is 1.61 bits per heavy atom. The summed E-state index contributed by atoms with van der Waals surface area (Å²) >= 11 is 0. The number of nitriles is 1. The number of hydrogen-bond donors (Lipinski definition) is 1. The summed E-state index contributed by atoms with van der Waals surface area (Å²) in [7, 11) is 0. The Hall–Kier alpha value is -0.550. The lowest BCUT2D eigenvalue weighted by molar-refractivity contribution is -0.0172. The highest BCUT2D eigenvalue weighted by Crippen LogP contribution is 2.47. The Labute approximate surface area is 111 Å². The van der Waals surface area contributed by atoms with E-state index in [9.17, 15) is 10.4 Å². The molecule has 0 radical (unpaired) electrons. The molecule has 0 aromatic heterocycles. The molecule has 0 bridgehead atoms. The number of aliphatic hydroxyl groups is 1. The zero-order chi connectivity index (χ0) is 13.2. The second-order valence-corrected chi connectivity index (χ2v) is 6.84. The Bertz CT molecular complexity index is 304. The van der Waals surface area contributed by atoms with Crippen LogP contribution in [0.5, 0.6) is 0 Å². The summed E-state index contributed by atoms with van der Waals surface area (Å²) in [5.41, 5.74) is -0.430. The summed E-state index contributed by atoms with van der Waals surface area (Å²) in [4.78, 5) is 0. The zero-order valence-corrected chi connectivity index (χ0v) is 11.9. The summed E-state index contributed by atoms with van der Waals surface area (Å²) in [6.45, 7) is 4.55. The molecule has 2 nitrogen and oxygen atoms in total. The van der Waals surface area contributed by atoms with E-state index in [1.807, 2.05) is 0 Å². The smallest absolute Gasteiger partial charge is 0.0835 e. The molecule has 0 aliphatic heterocycles. The molecular formula is C16H27NO. The van der Waals surface area contributed by atoms with Crippen LogP contribution in [0.1, 0.15) is 65.2 Å². The van der Waals surface area contributed by atoms with Crippen molar-refractivity contribution in [1.82, 2.24) is 0 Å². The number of rotatable bonds is 3. The first kappa shape index (κ1) is 13.9. The minimum Gasteiger partial charge on any atom is -0.391 e. The minimum absolute atomic E-state index is 0.377. The van der Waals surface area contributed by atoms with E-state index in [4.69, 9.17) is 0 Å². The molecule has 1 N–H and O–H groups in total. The van der Waals surface area contributed by atoms with Gasteiger partial charge in [0, 0.05) is 0 Å². The van der Waals surface area contributed by atoms with Crippen LogP contribution >= 0.6 is 0 Å². The molecule has 2 rings (SSSR count). The quantitative estimate of drug-likeness (QED) is 0.824. The van der Waals surface area contributed by atoms with Crippen molar-refractivity contribution in [3.05, 3.63) is 0 Å². The fourth-order valence-corrected chi connectivity index (χ4v) is 4.02. The molecule has 0 aromatic carbocycles. The van der Waals surface area contributed by atoms with Crippen LogP contribution < -0.4 is 0 Å². The van der Waals surface area contributed by atoms with Crippen molar-refractivity contribution >= 4 is 0 Å². The second kappa shape index (κ2) is 5.61. The monoisotopic (exact) mass is 249 g/mol. The van der Waals surface area contributed by atoms with Gasteiger partial charge in [-0.15, -0.1) is 0 Å². The fourth-order valence-electron chi connectivity index (χ4n) is 4.02. The van der Waals surface area contributed by atoms with Crippen molar-refractivity contribution in [2.24, 2.45) is 23.2 Å². The van der Waals surface area contributed by atoms with E-state index in [1.165, 1.54) is 12.8 Å². The highest BCUT2D eigenvalue weighted by Gasteiger charge is 2.45. The van der Waals surface area contributed by atoms with Crippen molar-refractivity contribution < 1.29 is 5.11 Å². The molecule has 0 heterocycles. The largest absolute Gasteiger partial charge is 0.391 e. The van der Waals surface area contributed by atoms with Gasteiger partial charge in [-0.05, 0) is 56.3 Å². The zero-order valence-electron chi connectivity index (χ0n) is 11.9. The van der Waals surface area contributed by atoms with E-state index in [-0.39, 0.29) is 6.10 Å². The van der Waals surface area contributed by atoms with E-state index in [0.717, 1.165) is 44.4 Å². The van der Waals surface area contributed by atoms with Gasteiger partial charge in [-0.2, -0.15) is 5.26 Å². The van der Waals surface area contributed by atoms with E-state index in [1.54, 1.807) is 0 Å². The molecule has 2 aliphatic carbocycles. The standard InChI is InChI=1S/C16H27NO/c1-12(2)13-7-9-16(11-17,10-8-13)15(18)14-5-3-4-6-14/h12-15,18H,3-10H2,1-2H3. The third kappa shape index (κ3) is 2.57. The fraction of sp³-hybridized carbons (Fsp3) is 0.938. The number of aliphatic hydroxyl groups excluding tert-OH is 1. The van der Waals surface area contributed by atoms with Crippen LogP contribution in [0.4, 0.5) is 0 Å². The van der Waals surface area contributed by atoms with Gasteiger partial charge in [-0.1, -0.05) is 26.7 Å². The topological polar surface area (TPSA) is 44.0 Å². The number of nitrogens with zero attached hydrogens (tertiary/aromatic N) is 1. The van der Waals surface area contributed by atoms with Crippen LogP contribution in [0.15, 0.2) is 0 Å². The highest BCUT2D eigenvalue weighted by atomic mass is 16.3. The van der Waals surface area contributed by atoms with E-state index in [0.29, 0.717) is 11.8 Å². The Morgan fingerprint density at radius 1 is 1.06 bits per heavy atom. The van der Waals surface area contributed by atoms with Gasteiger partial charge >= 0.3 is 0 Å². The minimum atomic E-state index is -0.430. The van der Waals surface area contributed by atoms with Crippen molar-refractivity contribution in [3.63, 3.8) is 0 Å². The van der Waals surface area contributed by atoms with Crippen LogP contribution in [0.2, 0.25) is 0 Å². The predicted molar refractivity (Wildman–Crippen MR) is 72.8 cm³/mol. The molecule has 0 saturated heterocycles. The SMILES string of the molecule is CC(C)C1CCC(C#N)(C(O)C2CCCC2)CC1. The molecule has 0 amide bonds. The highest BCUT2D eigenvalue weighted by molar-refractivity contribution is 5.08. The van der Waals surface area contributed by atoms with Gasteiger partial charge in [0.1, 0.15) is 0 Å². The van der Waals surface area contributed by atoms with Crippen molar-refractivity contribution in [2.45, 2.75) is 71.3 Å². The maximum atomic E-state index is 10.6. The lowest BCUT2D eigenvalue weighted by atomic mass is 9.63. The summed E-state index contributed by atoms with van der Waals surface area (Å²) in [5.74, 6) is 1.85. The molecule has 0 aromatic rings. The van der Waals surface area contributed by atoms with Gasteiger partial charge in [0.15, 0.2) is 0 Å². The Balaban J connectivity index is 2.01. The van der Waals surface area contributed by atoms with Gasteiger partial charge in [0.2, 0.25) is 0 Å². The van der Waals surface area contributed by atoms with Crippen LogP contribution in [-0.4, -0.2) is 11.2 Å². The maximum Gasteiger partial charge on any atom is 0.0835 e. The van der Waals surface area contributed by atoms with Gasteiger partial charge < -0.3 is 5.11 Å². The summed E-state index contributed by atoms with van der Waals surface area (Å²) in [5, 5.41) is 20.2. The summed E-state index contributed by atoms with van der Waals surface area (Å²) in [6, 6.07) is 2.50. The molecule has 0 spiro atoms. The van der Waals surface area contributed by atoms with E-state index < -0.39 is 5.41 Å². The molecule has 1 atom stereocenters. The summed E-state index contributed by atoms with van der Waals surface area (Å²) < 4.78 is 0. The molecular weight excluding hydrogens is 222 g/mol. The van der Waals surface area contributed by atoms with Gasteiger partial charge in [-0.25, -0.2) is 0 Å². The Morgan fingerprint density at radius 3 is 2.06 bits per heavy atom. The average Bonchev–Trinajstić information content (AvgIpc) is 2.91. The van der Waals surface area contributed by atoms with Crippen molar-refractivity contribution in [1.29, 1.82) is 5.26 Å². The molecule has 102 valence electrons. The third-order valence-electron chi connectivity index (χ3n) is 5.50. The lowest BCUT2D eigenvalue weighted by Crippen LogP contribution is -2.42. The van der Waals surface area contributed by atoms with Crippen LogP contribution in [0.25, 0.3) is 0 Å². The molecule has 2 fully saturated rings. The van der Waals surface area contributed by atoms with Crippen LogP contribution in [-0.2, 0) is 0 Å². The van der Waals surface area contributed by atoms with Crippen LogP contribution in [0, 0.1) is 34.5 Å². The second-order valence-electron chi connectivity index (χ2n) is 6.84. The molecule has 2 saturated carbocycles. The maximum absolute atomic E-state index is 10.6. The van der Waals surface area contributed by atoms with Crippen molar-refractivity contribution in [2.75, 3.05) is 0 Å². The van der Waals surface area contributed by atoms with Gasteiger partial charge in [0.25, 0.3) is 0 Å². The lowest BCUT2D eigenvalue weighted by Gasteiger charge is -2.41. The molecule has 18 heavy (non-hydrogen) atoms. The van der Waals surface area contributed by atoms with Gasteiger partial charge in [0.05, 0.1) is 17.6 Å². The molecule has 2 aliphatic rings. The predicted octanol–water partition coefficient (Wildman–Crippen LogP) is 3.89. The number of hydrogen-bond acceptors (Lipinski definition) is 2. The average molecular weight is 249 g/mol. The van der Waals surface area contributed by atoms with Gasteiger partial charge in [-0.3, -0.25) is 0 Å². The Kier molecular flexibility index (Phi) is 4.33. The third-order valence-corrected chi connectivity index (χ3v) is 5.50. The molecule has 1 unspecified atom stereocenters. The van der Waals surface area contributed by atoms with E-state index >= 15 is 0 Å². The summed E-state index contributed by atoms with van der Waals surface area (Å²) in [6.07, 6.45) is 8.39. The first-order valence-corrected chi connectivity index (χ1v) is 7.68. The normalized spacial score (nSPS) is 35.6. The van der Waals surface area contributed by atoms with Crippen molar-refractivity contribution in [3.8, 4) is 6.07 Å². The molecule has 2 heteroatoms. The van der Waals surface area contributed by atoms with Crippen LogP contribution in [0.3, 0.4) is 0 Å².